The van der Waals surface area contributed by atoms with Gasteiger partial charge in [-0.1, -0.05) is 24.6 Å². The number of rotatable bonds is 4. The molecule has 2 aromatic rings. The number of carbonyl (C=O) groups excluding carboxylic acids is 1. The summed E-state index contributed by atoms with van der Waals surface area (Å²) >= 11 is 5.73. The van der Waals surface area contributed by atoms with Crippen LogP contribution in [0.25, 0.3) is 0 Å². The van der Waals surface area contributed by atoms with Gasteiger partial charge in [0, 0.05) is 36.9 Å². The first kappa shape index (κ1) is 26.6. The van der Waals surface area contributed by atoms with Gasteiger partial charge in [0.1, 0.15) is 18.0 Å². The summed E-state index contributed by atoms with van der Waals surface area (Å²) in [5.41, 5.74) is 9.24. The number of hydrogen-bond donors (Lipinski definition) is 1. The number of aryl methyl sites for hydroxylation is 1. The molecule has 2 aliphatic rings. The summed E-state index contributed by atoms with van der Waals surface area (Å²) in [6, 6.07) is 3.94. The van der Waals surface area contributed by atoms with Gasteiger partial charge in [-0.3, -0.25) is 4.79 Å². The van der Waals surface area contributed by atoms with E-state index < -0.39 is 11.9 Å². The second kappa shape index (κ2) is 11.0. The molecular weight excluding hydrogens is 476 g/mol. The zero-order chi connectivity index (χ0) is 21.4. The second-order valence-electron chi connectivity index (χ2n) is 8.38. The molecule has 1 fully saturated rings. The van der Waals surface area contributed by atoms with Gasteiger partial charge in [-0.15, -0.1) is 24.8 Å². The summed E-state index contributed by atoms with van der Waals surface area (Å²) < 4.78 is 13.7. The third-order valence-corrected chi connectivity index (χ3v) is 6.53. The van der Waals surface area contributed by atoms with Crippen LogP contribution in [0.1, 0.15) is 43.0 Å². The summed E-state index contributed by atoms with van der Waals surface area (Å²) in [5, 5.41) is 0.0640. The van der Waals surface area contributed by atoms with Crippen molar-refractivity contribution < 1.29 is 9.18 Å². The largest absolute Gasteiger partial charge is 0.350 e. The highest BCUT2D eigenvalue weighted by molar-refractivity contribution is 6.30. The van der Waals surface area contributed by atoms with Crippen LogP contribution in [0.2, 0.25) is 5.02 Å². The van der Waals surface area contributed by atoms with Crippen molar-refractivity contribution in [2.45, 2.75) is 51.1 Å². The van der Waals surface area contributed by atoms with Gasteiger partial charge in [0.05, 0.1) is 11.1 Å². The summed E-state index contributed by atoms with van der Waals surface area (Å²) in [5.74, 6) is 0.850. The average molecular weight is 505 g/mol. The number of carbonyl (C=O) groups is 1. The van der Waals surface area contributed by atoms with E-state index in [1.165, 1.54) is 17.7 Å². The van der Waals surface area contributed by atoms with Crippen LogP contribution in [0.4, 0.5) is 10.2 Å². The minimum Gasteiger partial charge on any atom is -0.350 e. The first-order chi connectivity index (χ1) is 14.3. The Kier molecular flexibility index (Phi) is 9.11. The van der Waals surface area contributed by atoms with Gasteiger partial charge in [-0.05, 0) is 49.8 Å². The minimum absolute atomic E-state index is 0. The van der Waals surface area contributed by atoms with E-state index in [-0.39, 0.29) is 48.2 Å². The molecule has 1 aliphatic carbocycles. The standard InChI is InChI=1S/C22H27ClFN5O.2ClH/c1-13-3-6-19-20(13)21(27-12-26-19)29-8-7-28(11-14(29)2)22(30)18(25)10-15-4-5-16(23)17(24)9-15;;/h4-5,9,12-14,18H,3,6-8,10-11,25H2,1-2H3;2*1H/t13-,14+,18-;;/m1../s1. The fourth-order valence-corrected chi connectivity index (χ4v) is 4.68. The molecule has 0 unspecified atom stereocenters. The highest BCUT2D eigenvalue weighted by Crippen LogP contribution is 2.38. The van der Waals surface area contributed by atoms with Crippen LogP contribution in [-0.2, 0) is 17.6 Å². The van der Waals surface area contributed by atoms with Gasteiger partial charge in [0.25, 0.3) is 0 Å². The lowest BCUT2D eigenvalue weighted by molar-refractivity contribution is -0.133. The maximum absolute atomic E-state index is 13.7. The van der Waals surface area contributed by atoms with Crippen LogP contribution >= 0.6 is 36.4 Å². The maximum Gasteiger partial charge on any atom is 0.239 e. The number of nitrogens with two attached hydrogens (primary N) is 1. The Morgan fingerprint density at radius 2 is 2.03 bits per heavy atom. The lowest BCUT2D eigenvalue weighted by Gasteiger charge is -2.42. The number of piperazine rings is 1. The van der Waals surface area contributed by atoms with E-state index in [2.05, 4.69) is 28.7 Å². The summed E-state index contributed by atoms with van der Waals surface area (Å²) in [7, 11) is 0. The van der Waals surface area contributed by atoms with Crippen molar-refractivity contribution in [1.82, 2.24) is 14.9 Å². The van der Waals surface area contributed by atoms with Gasteiger partial charge in [-0.2, -0.15) is 0 Å². The molecule has 2 heterocycles. The normalized spacial score (nSPS) is 20.8. The topological polar surface area (TPSA) is 75.4 Å². The van der Waals surface area contributed by atoms with Crippen molar-refractivity contribution in [3.8, 4) is 0 Å². The van der Waals surface area contributed by atoms with E-state index in [4.69, 9.17) is 17.3 Å². The third kappa shape index (κ3) is 5.28. The van der Waals surface area contributed by atoms with Crippen molar-refractivity contribution in [1.29, 1.82) is 0 Å². The quantitative estimate of drug-likeness (QED) is 0.686. The SMILES string of the molecule is C[C@@H]1CCc2ncnc(N3CCN(C(=O)[C@H](N)Cc4ccc(Cl)c(F)c4)C[C@@H]3C)c21.Cl.Cl. The number of nitrogens with zero attached hydrogens (tertiary/aromatic N) is 4. The molecule has 176 valence electrons. The Labute approximate surface area is 205 Å². The van der Waals surface area contributed by atoms with Crippen LogP contribution < -0.4 is 10.6 Å². The molecule has 32 heavy (non-hydrogen) atoms. The lowest BCUT2D eigenvalue weighted by atomic mass is 10.0. The Morgan fingerprint density at radius 3 is 2.72 bits per heavy atom. The van der Waals surface area contributed by atoms with Crippen molar-refractivity contribution in [2.75, 3.05) is 24.5 Å². The number of fused-ring (bicyclic) bond motifs is 1. The number of benzene rings is 1. The zero-order valence-corrected chi connectivity index (χ0v) is 20.5. The fourth-order valence-electron chi connectivity index (χ4n) is 4.57. The van der Waals surface area contributed by atoms with Crippen LogP contribution in [0.5, 0.6) is 0 Å². The predicted octanol–water partition coefficient (Wildman–Crippen LogP) is 3.77. The zero-order valence-electron chi connectivity index (χ0n) is 18.1. The fraction of sp³-hybridized carbons (Fsp3) is 0.500. The van der Waals surface area contributed by atoms with Crippen LogP contribution in [-0.4, -0.2) is 52.5 Å². The molecular formula is C22H29Cl3FN5O. The van der Waals surface area contributed by atoms with Gasteiger partial charge >= 0.3 is 0 Å². The monoisotopic (exact) mass is 503 g/mol. The van der Waals surface area contributed by atoms with Gasteiger partial charge in [0.2, 0.25) is 5.91 Å². The molecule has 1 aliphatic heterocycles. The molecule has 1 amide bonds. The van der Waals surface area contributed by atoms with Gasteiger partial charge < -0.3 is 15.5 Å². The number of halogens is 4. The van der Waals surface area contributed by atoms with Crippen LogP contribution in [0.15, 0.2) is 24.5 Å². The smallest absolute Gasteiger partial charge is 0.239 e. The van der Waals surface area contributed by atoms with Crippen molar-refractivity contribution in [2.24, 2.45) is 5.73 Å². The van der Waals surface area contributed by atoms with Gasteiger partial charge in [-0.25, -0.2) is 14.4 Å². The highest BCUT2D eigenvalue weighted by atomic mass is 35.5. The maximum atomic E-state index is 13.7. The minimum atomic E-state index is -0.715. The molecule has 0 bridgehead atoms. The first-order valence-electron chi connectivity index (χ1n) is 10.4. The van der Waals surface area contributed by atoms with Crippen LogP contribution in [0.3, 0.4) is 0 Å². The lowest BCUT2D eigenvalue weighted by Crippen LogP contribution is -2.57. The van der Waals surface area contributed by atoms with Crippen LogP contribution in [0, 0.1) is 5.82 Å². The van der Waals surface area contributed by atoms with E-state index in [9.17, 15) is 9.18 Å². The molecule has 10 heteroatoms. The molecule has 1 aromatic carbocycles. The third-order valence-electron chi connectivity index (χ3n) is 6.22. The highest BCUT2D eigenvalue weighted by Gasteiger charge is 2.33. The first-order valence-corrected chi connectivity index (χ1v) is 10.8. The Morgan fingerprint density at radius 1 is 1.28 bits per heavy atom. The van der Waals surface area contributed by atoms with E-state index in [0.29, 0.717) is 31.1 Å². The van der Waals surface area contributed by atoms with E-state index in [1.807, 2.05) is 4.90 Å². The molecule has 3 atom stereocenters. The molecule has 4 rings (SSSR count). The molecule has 6 nitrogen and oxygen atoms in total. The summed E-state index contributed by atoms with van der Waals surface area (Å²) in [4.78, 5) is 26.1. The van der Waals surface area contributed by atoms with E-state index in [1.54, 1.807) is 12.4 Å². The number of anilines is 1. The molecule has 2 N–H and O–H groups in total. The predicted molar refractivity (Wildman–Crippen MR) is 130 cm³/mol. The molecule has 0 spiro atoms. The Hall–Kier alpha value is -1.67. The molecule has 1 aromatic heterocycles. The van der Waals surface area contributed by atoms with Crippen molar-refractivity contribution in [3.05, 3.63) is 52.2 Å². The van der Waals surface area contributed by atoms with E-state index >= 15 is 0 Å². The Bertz CT molecular complexity index is 963. The molecule has 0 saturated carbocycles. The summed E-state index contributed by atoms with van der Waals surface area (Å²) in [6.45, 7) is 6.19. The number of aromatic nitrogens is 2. The van der Waals surface area contributed by atoms with Crippen molar-refractivity contribution in [3.63, 3.8) is 0 Å². The van der Waals surface area contributed by atoms with Crippen molar-refractivity contribution >= 4 is 48.1 Å². The number of amides is 1. The Balaban J connectivity index is 0.00000181. The molecule has 0 radical (unpaired) electrons. The second-order valence-corrected chi connectivity index (χ2v) is 8.79. The average Bonchev–Trinajstić information content (AvgIpc) is 3.11. The number of hydrogen-bond acceptors (Lipinski definition) is 5. The summed E-state index contributed by atoms with van der Waals surface area (Å²) in [6.07, 6.45) is 4.03. The van der Waals surface area contributed by atoms with Gasteiger partial charge in [0.15, 0.2) is 0 Å². The van der Waals surface area contributed by atoms with E-state index in [0.717, 1.165) is 24.4 Å². The molecule has 1 saturated heterocycles.